The maximum Gasteiger partial charge on any atom is -0.00732 e. The molecule has 0 nitrogen and oxygen atoms in total. The third-order valence-corrected chi connectivity index (χ3v) is 8.25. The van der Waals surface area contributed by atoms with E-state index in [9.17, 15) is 0 Å². The zero-order chi connectivity index (χ0) is 12.2. The van der Waals surface area contributed by atoms with Crippen LogP contribution in [-0.2, 0) is 0 Å². The molecule has 0 amide bonds. The van der Waals surface area contributed by atoms with Crippen LogP contribution >= 0.6 is 0 Å². The summed E-state index contributed by atoms with van der Waals surface area (Å²) in [4.78, 5) is 0. The molecule has 0 aliphatic heterocycles. The molecule has 1 spiro atoms. The maximum absolute atomic E-state index is 2.68. The number of allylic oxidation sites excluding steroid dienone is 2. The fraction of sp³-hybridized carbons (Fsp3) is 0.889. The molecule has 18 heavy (non-hydrogen) atoms. The third-order valence-electron chi connectivity index (χ3n) is 8.25. The van der Waals surface area contributed by atoms with Gasteiger partial charge in [0, 0.05) is 0 Å². The van der Waals surface area contributed by atoms with Crippen molar-refractivity contribution in [2.45, 2.75) is 58.8 Å². The molecule has 5 aliphatic carbocycles. The van der Waals surface area contributed by atoms with Crippen molar-refractivity contribution in [2.75, 3.05) is 0 Å². The predicted molar refractivity (Wildman–Crippen MR) is 74.1 cm³/mol. The molecule has 7 atom stereocenters. The van der Waals surface area contributed by atoms with Crippen molar-refractivity contribution in [3.8, 4) is 0 Å². The van der Waals surface area contributed by atoms with Crippen LogP contribution in [0.25, 0.3) is 0 Å². The van der Waals surface area contributed by atoms with E-state index in [1.807, 2.05) is 0 Å². The number of rotatable bonds is 0. The Morgan fingerprint density at radius 2 is 1.83 bits per heavy atom. The largest absolute Gasteiger partial charge is 0.0845 e. The van der Waals surface area contributed by atoms with Gasteiger partial charge in [0.2, 0.25) is 0 Å². The first-order valence-corrected chi connectivity index (χ1v) is 8.33. The van der Waals surface area contributed by atoms with Gasteiger partial charge in [0.15, 0.2) is 0 Å². The highest BCUT2D eigenvalue weighted by molar-refractivity contribution is 5.42. The van der Waals surface area contributed by atoms with Gasteiger partial charge < -0.3 is 0 Å². The van der Waals surface area contributed by atoms with E-state index < -0.39 is 0 Å². The summed E-state index contributed by atoms with van der Waals surface area (Å²) < 4.78 is 0. The zero-order valence-electron chi connectivity index (χ0n) is 11.9. The van der Waals surface area contributed by atoms with Crippen LogP contribution in [-0.4, -0.2) is 0 Å². The quantitative estimate of drug-likeness (QED) is 0.535. The van der Waals surface area contributed by atoms with Crippen LogP contribution in [0.15, 0.2) is 12.2 Å². The Kier molecular flexibility index (Phi) is 1.61. The van der Waals surface area contributed by atoms with Crippen LogP contribution < -0.4 is 0 Å². The average molecular weight is 242 g/mol. The summed E-state index contributed by atoms with van der Waals surface area (Å²) in [5, 5.41) is 0. The summed E-state index contributed by atoms with van der Waals surface area (Å²) in [6.07, 6.45) is 16.0. The molecule has 4 saturated carbocycles. The Labute approximate surface area is 111 Å². The SMILES string of the molecule is CC12C=CC(C1)C1C3CCCCCC4C(C)(C3)C142. The molecule has 0 heteroatoms. The van der Waals surface area contributed by atoms with Crippen LogP contribution in [0, 0.1) is 39.9 Å². The molecule has 4 fully saturated rings. The van der Waals surface area contributed by atoms with Gasteiger partial charge in [0.1, 0.15) is 0 Å². The van der Waals surface area contributed by atoms with Crippen molar-refractivity contribution >= 4 is 0 Å². The molecule has 4 bridgehead atoms. The van der Waals surface area contributed by atoms with E-state index in [0.717, 1.165) is 34.5 Å². The number of fused-ring (bicyclic) bond motifs is 3. The lowest BCUT2D eigenvalue weighted by molar-refractivity contribution is 0.152. The highest BCUT2D eigenvalue weighted by Crippen LogP contribution is 2.93. The fourth-order valence-electron chi connectivity index (χ4n) is 8.17. The maximum atomic E-state index is 2.68. The molecule has 0 heterocycles. The van der Waals surface area contributed by atoms with Gasteiger partial charge in [-0.25, -0.2) is 0 Å². The topological polar surface area (TPSA) is 0 Å². The normalized spacial score (nSPS) is 67.4. The van der Waals surface area contributed by atoms with Crippen LogP contribution in [0.1, 0.15) is 58.8 Å². The van der Waals surface area contributed by atoms with E-state index in [-0.39, 0.29) is 0 Å². The van der Waals surface area contributed by atoms with Gasteiger partial charge in [-0.3, -0.25) is 0 Å². The summed E-state index contributed by atoms with van der Waals surface area (Å²) in [5.74, 6) is 4.22. The van der Waals surface area contributed by atoms with Crippen molar-refractivity contribution in [3.63, 3.8) is 0 Å². The molecular weight excluding hydrogens is 216 g/mol. The zero-order valence-corrected chi connectivity index (χ0v) is 11.9. The number of hydrogen-bond acceptors (Lipinski definition) is 0. The minimum atomic E-state index is 0.584. The molecule has 0 aromatic carbocycles. The second kappa shape index (κ2) is 2.76. The Morgan fingerprint density at radius 3 is 2.72 bits per heavy atom. The lowest BCUT2D eigenvalue weighted by Crippen LogP contribution is -2.32. The van der Waals surface area contributed by atoms with Crippen molar-refractivity contribution in [1.82, 2.24) is 0 Å². The van der Waals surface area contributed by atoms with E-state index in [2.05, 4.69) is 26.0 Å². The summed E-state index contributed by atoms with van der Waals surface area (Å²) in [5.41, 5.74) is 2.08. The summed E-state index contributed by atoms with van der Waals surface area (Å²) in [7, 11) is 0. The summed E-state index contributed by atoms with van der Waals surface area (Å²) >= 11 is 0. The van der Waals surface area contributed by atoms with E-state index in [1.54, 1.807) is 19.3 Å². The first-order chi connectivity index (χ1) is 8.63. The van der Waals surface area contributed by atoms with Crippen molar-refractivity contribution < 1.29 is 0 Å². The van der Waals surface area contributed by atoms with E-state index >= 15 is 0 Å². The van der Waals surface area contributed by atoms with Crippen LogP contribution in [0.3, 0.4) is 0 Å². The highest BCUT2D eigenvalue weighted by atomic mass is 14.9. The molecule has 0 saturated heterocycles. The van der Waals surface area contributed by atoms with Crippen LogP contribution in [0.5, 0.6) is 0 Å². The molecule has 0 N–H and O–H groups in total. The molecular formula is C18H26. The van der Waals surface area contributed by atoms with E-state index in [4.69, 9.17) is 0 Å². The molecule has 0 aromatic rings. The van der Waals surface area contributed by atoms with E-state index in [0.29, 0.717) is 5.41 Å². The van der Waals surface area contributed by atoms with Crippen molar-refractivity contribution in [1.29, 1.82) is 0 Å². The Balaban J connectivity index is 1.70. The fourth-order valence-corrected chi connectivity index (χ4v) is 8.17. The molecule has 5 rings (SSSR count). The Morgan fingerprint density at radius 1 is 1.00 bits per heavy atom. The van der Waals surface area contributed by atoms with Gasteiger partial charge in [-0.05, 0) is 59.2 Å². The van der Waals surface area contributed by atoms with Crippen LogP contribution in [0.2, 0.25) is 0 Å². The van der Waals surface area contributed by atoms with Gasteiger partial charge in [0.05, 0.1) is 0 Å². The molecule has 7 unspecified atom stereocenters. The lowest BCUT2D eigenvalue weighted by Gasteiger charge is -2.37. The molecule has 0 radical (unpaired) electrons. The van der Waals surface area contributed by atoms with Gasteiger partial charge in [-0.1, -0.05) is 51.7 Å². The van der Waals surface area contributed by atoms with E-state index in [1.165, 1.54) is 25.7 Å². The average Bonchev–Trinajstić information content (AvgIpc) is 2.75. The smallest absolute Gasteiger partial charge is 0.00732 e. The van der Waals surface area contributed by atoms with Gasteiger partial charge in [0.25, 0.3) is 0 Å². The monoisotopic (exact) mass is 242 g/mol. The van der Waals surface area contributed by atoms with Gasteiger partial charge in [-0.15, -0.1) is 0 Å². The summed E-state index contributed by atoms with van der Waals surface area (Å²) in [6, 6.07) is 0. The minimum Gasteiger partial charge on any atom is -0.0845 e. The molecule has 5 aliphatic rings. The first-order valence-electron chi connectivity index (χ1n) is 8.33. The Bertz CT molecular complexity index is 449. The van der Waals surface area contributed by atoms with Crippen LogP contribution in [0.4, 0.5) is 0 Å². The van der Waals surface area contributed by atoms with Crippen molar-refractivity contribution in [2.24, 2.45) is 39.9 Å². The van der Waals surface area contributed by atoms with Gasteiger partial charge in [-0.2, -0.15) is 0 Å². The van der Waals surface area contributed by atoms with Gasteiger partial charge >= 0.3 is 0 Å². The number of hydrogen-bond donors (Lipinski definition) is 0. The Hall–Kier alpha value is -0.260. The second-order valence-corrected chi connectivity index (χ2v) is 8.61. The first kappa shape index (κ1) is 10.5. The van der Waals surface area contributed by atoms with Crippen molar-refractivity contribution in [3.05, 3.63) is 12.2 Å². The predicted octanol–water partition coefficient (Wildman–Crippen LogP) is 4.81. The third kappa shape index (κ3) is 0.791. The summed E-state index contributed by atoms with van der Waals surface area (Å²) in [6.45, 7) is 5.29. The molecule has 0 aromatic heterocycles. The second-order valence-electron chi connectivity index (χ2n) is 8.61. The highest BCUT2D eigenvalue weighted by Gasteiger charge is 2.88. The standard InChI is InChI=1S/C18H26/c1-16-9-8-13(10-16)15-12-6-4-3-5-7-14-17(2,11-12)18(14,15)16/h8-9,12-15H,3-7,10-11H2,1-2H3. The minimum absolute atomic E-state index is 0.584. The lowest BCUT2D eigenvalue weighted by atomic mass is 9.67. The molecule has 98 valence electrons.